The van der Waals surface area contributed by atoms with Crippen LogP contribution < -0.4 is 4.74 Å². The molecule has 1 aromatic heterocycles. The lowest BCUT2D eigenvalue weighted by molar-refractivity contribution is 0.189. The monoisotopic (exact) mass is 330 g/mol. The third kappa shape index (κ3) is 2.88. The van der Waals surface area contributed by atoms with Crippen molar-refractivity contribution in [2.24, 2.45) is 0 Å². The quantitative estimate of drug-likeness (QED) is 0.914. The first-order valence-corrected chi connectivity index (χ1v) is 6.64. The van der Waals surface area contributed by atoms with E-state index in [1.807, 2.05) is 6.92 Å². The van der Waals surface area contributed by atoms with Gasteiger partial charge < -0.3 is 14.3 Å². The number of benzene rings is 1. The van der Waals surface area contributed by atoms with Crippen molar-refractivity contribution in [2.75, 3.05) is 6.61 Å². The highest BCUT2D eigenvalue weighted by Gasteiger charge is 2.16. The number of halogens is 2. The molecule has 0 saturated carbocycles. The molecule has 0 aliphatic heterocycles. The standard InChI is InChI=1S/C13H12BrClO3/c1-2-17-10-4-3-8(7-9(10)14)13(16)11-5-6-12(15)18-11/h3-7,13,16H,2H2,1H3. The molecule has 0 aliphatic rings. The fourth-order valence-electron chi connectivity index (χ4n) is 1.60. The molecule has 18 heavy (non-hydrogen) atoms. The summed E-state index contributed by atoms with van der Waals surface area (Å²) >= 11 is 9.08. The molecule has 1 atom stereocenters. The van der Waals surface area contributed by atoms with E-state index in [9.17, 15) is 5.11 Å². The highest BCUT2D eigenvalue weighted by atomic mass is 79.9. The van der Waals surface area contributed by atoms with Crippen LogP contribution in [-0.4, -0.2) is 11.7 Å². The van der Waals surface area contributed by atoms with Crippen LogP contribution in [0.25, 0.3) is 0 Å². The van der Waals surface area contributed by atoms with Gasteiger partial charge in [0.25, 0.3) is 0 Å². The Hall–Kier alpha value is -0.970. The summed E-state index contributed by atoms with van der Waals surface area (Å²) in [4.78, 5) is 0. The molecule has 0 spiro atoms. The van der Waals surface area contributed by atoms with E-state index < -0.39 is 6.10 Å². The molecule has 2 rings (SSSR count). The lowest BCUT2D eigenvalue weighted by Gasteiger charge is -2.11. The molecule has 96 valence electrons. The van der Waals surface area contributed by atoms with Crippen LogP contribution >= 0.6 is 27.5 Å². The average molecular weight is 332 g/mol. The fraction of sp³-hybridized carbons (Fsp3) is 0.231. The minimum atomic E-state index is -0.843. The Kier molecular flexibility index (Phi) is 4.32. The summed E-state index contributed by atoms with van der Waals surface area (Å²) in [6.45, 7) is 2.51. The summed E-state index contributed by atoms with van der Waals surface area (Å²) in [5.41, 5.74) is 0.705. The lowest BCUT2D eigenvalue weighted by atomic mass is 10.1. The maximum absolute atomic E-state index is 10.1. The van der Waals surface area contributed by atoms with Crippen LogP contribution in [0.15, 0.2) is 39.2 Å². The summed E-state index contributed by atoms with van der Waals surface area (Å²) < 4.78 is 11.4. The number of aliphatic hydroxyl groups is 1. The molecule has 1 heterocycles. The van der Waals surface area contributed by atoms with Gasteiger partial charge in [-0.05, 0) is 64.3 Å². The van der Waals surface area contributed by atoms with Crippen molar-refractivity contribution in [3.05, 3.63) is 51.3 Å². The molecule has 1 N–H and O–H groups in total. The van der Waals surface area contributed by atoms with Gasteiger partial charge in [0, 0.05) is 0 Å². The van der Waals surface area contributed by atoms with Crippen LogP contribution in [-0.2, 0) is 0 Å². The third-order valence-corrected chi connectivity index (χ3v) is 3.26. The second-order valence-electron chi connectivity index (χ2n) is 3.67. The smallest absolute Gasteiger partial charge is 0.193 e. The van der Waals surface area contributed by atoms with Gasteiger partial charge in [0.15, 0.2) is 5.22 Å². The maximum Gasteiger partial charge on any atom is 0.193 e. The lowest BCUT2D eigenvalue weighted by Crippen LogP contribution is -1.99. The van der Waals surface area contributed by atoms with Gasteiger partial charge in [-0.25, -0.2) is 0 Å². The largest absolute Gasteiger partial charge is 0.493 e. The molecule has 1 aromatic carbocycles. The van der Waals surface area contributed by atoms with E-state index in [1.165, 1.54) is 0 Å². The van der Waals surface area contributed by atoms with E-state index in [0.717, 1.165) is 10.2 Å². The highest BCUT2D eigenvalue weighted by molar-refractivity contribution is 9.10. The van der Waals surface area contributed by atoms with Crippen molar-refractivity contribution in [3.63, 3.8) is 0 Å². The molecule has 0 bridgehead atoms. The molecule has 1 unspecified atom stereocenters. The molecule has 0 saturated heterocycles. The predicted molar refractivity (Wildman–Crippen MR) is 73.1 cm³/mol. The van der Waals surface area contributed by atoms with E-state index in [2.05, 4.69) is 15.9 Å². The van der Waals surface area contributed by atoms with E-state index in [-0.39, 0.29) is 5.22 Å². The zero-order valence-electron chi connectivity index (χ0n) is 9.69. The predicted octanol–water partition coefficient (Wildman–Crippen LogP) is 4.18. The second kappa shape index (κ2) is 5.78. The fourth-order valence-corrected chi connectivity index (χ4v) is 2.26. The van der Waals surface area contributed by atoms with Crippen LogP contribution in [0, 0.1) is 0 Å². The topological polar surface area (TPSA) is 42.6 Å². The molecular formula is C13H12BrClO3. The van der Waals surface area contributed by atoms with Crippen LogP contribution in [0.3, 0.4) is 0 Å². The Morgan fingerprint density at radius 1 is 1.39 bits per heavy atom. The minimum Gasteiger partial charge on any atom is -0.493 e. The first-order chi connectivity index (χ1) is 8.61. The molecule has 0 radical (unpaired) electrons. The number of hydrogen-bond donors (Lipinski definition) is 1. The van der Waals surface area contributed by atoms with Gasteiger partial charge in [-0.2, -0.15) is 0 Å². The molecule has 5 heteroatoms. The van der Waals surface area contributed by atoms with Gasteiger partial charge >= 0.3 is 0 Å². The van der Waals surface area contributed by atoms with Crippen molar-refractivity contribution in [2.45, 2.75) is 13.0 Å². The first kappa shape index (κ1) is 13.5. The summed E-state index contributed by atoms with van der Waals surface area (Å²) in [5, 5.41) is 10.4. The van der Waals surface area contributed by atoms with Crippen molar-refractivity contribution in [3.8, 4) is 5.75 Å². The summed E-state index contributed by atoms with van der Waals surface area (Å²) in [6.07, 6.45) is -0.843. The zero-order chi connectivity index (χ0) is 13.1. The summed E-state index contributed by atoms with van der Waals surface area (Å²) in [5.74, 6) is 1.15. The van der Waals surface area contributed by atoms with E-state index in [0.29, 0.717) is 17.9 Å². The van der Waals surface area contributed by atoms with E-state index in [4.69, 9.17) is 20.8 Å². The third-order valence-electron chi connectivity index (χ3n) is 2.44. The van der Waals surface area contributed by atoms with Gasteiger partial charge in [0.2, 0.25) is 0 Å². The minimum absolute atomic E-state index is 0.258. The van der Waals surface area contributed by atoms with Crippen LogP contribution in [0.4, 0.5) is 0 Å². The number of hydrogen-bond acceptors (Lipinski definition) is 3. The second-order valence-corrected chi connectivity index (χ2v) is 4.89. The Labute approximate surface area is 118 Å². The Morgan fingerprint density at radius 2 is 2.17 bits per heavy atom. The molecule has 0 fully saturated rings. The van der Waals surface area contributed by atoms with Gasteiger partial charge in [0.05, 0.1) is 11.1 Å². The summed E-state index contributed by atoms with van der Waals surface area (Å²) in [7, 11) is 0. The average Bonchev–Trinajstić information content (AvgIpc) is 2.78. The maximum atomic E-state index is 10.1. The Bertz CT molecular complexity index is 539. The van der Waals surface area contributed by atoms with Crippen molar-refractivity contribution >= 4 is 27.5 Å². The first-order valence-electron chi connectivity index (χ1n) is 5.47. The van der Waals surface area contributed by atoms with Crippen molar-refractivity contribution in [1.29, 1.82) is 0 Å². The van der Waals surface area contributed by atoms with Gasteiger partial charge in [-0.15, -0.1) is 0 Å². The summed E-state index contributed by atoms with van der Waals surface area (Å²) in [6, 6.07) is 8.64. The van der Waals surface area contributed by atoms with Gasteiger partial charge in [-0.3, -0.25) is 0 Å². The van der Waals surface area contributed by atoms with Crippen molar-refractivity contribution in [1.82, 2.24) is 0 Å². The number of ether oxygens (including phenoxy) is 1. The molecule has 3 nitrogen and oxygen atoms in total. The van der Waals surface area contributed by atoms with Crippen LogP contribution in [0.5, 0.6) is 5.75 Å². The Morgan fingerprint density at radius 3 is 2.72 bits per heavy atom. The highest BCUT2D eigenvalue weighted by Crippen LogP contribution is 2.31. The normalized spacial score (nSPS) is 12.4. The van der Waals surface area contributed by atoms with Gasteiger partial charge in [0.1, 0.15) is 17.6 Å². The van der Waals surface area contributed by atoms with Crippen LogP contribution in [0.1, 0.15) is 24.4 Å². The van der Waals surface area contributed by atoms with Crippen LogP contribution in [0.2, 0.25) is 5.22 Å². The zero-order valence-corrected chi connectivity index (χ0v) is 12.0. The number of aliphatic hydroxyl groups excluding tert-OH is 1. The molecule has 0 aliphatic carbocycles. The van der Waals surface area contributed by atoms with E-state index >= 15 is 0 Å². The number of rotatable bonds is 4. The van der Waals surface area contributed by atoms with Gasteiger partial charge in [-0.1, -0.05) is 6.07 Å². The van der Waals surface area contributed by atoms with Crippen molar-refractivity contribution < 1.29 is 14.3 Å². The molecular weight excluding hydrogens is 319 g/mol. The SMILES string of the molecule is CCOc1ccc(C(O)c2ccc(Cl)o2)cc1Br. The number of furan rings is 1. The molecule has 2 aromatic rings. The van der Waals surface area contributed by atoms with E-state index in [1.54, 1.807) is 30.3 Å². The molecule has 0 amide bonds. The Balaban J connectivity index is 2.26.